The van der Waals surface area contributed by atoms with Crippen molar-refractivity contribution in [3.05, 3.63) is 65.9 Å². The van der Waals surface area contributed by atoms with Crippen LogP contribution < -0.4 is 0 Å². The second-order valence-corrected chi connectivity index (χ2v) is 8.72. The first-order valence-electron chi connectivity index (χ1n) is 9.09. The number of carbonyl (C=O) groups excluding carboxylic acids is 1. The highest BCUT2D eigenvalue weighted by Crippen LogP contribution is 2.27. The van der Waals surface area contributed by atoms with E-state index in [4.69, 9.17) is 4.42 Å². The Morgan fingerprint density at radius 3 is 2.32 bits per heavy atom. The predicted molar refractivity (Wildman–Crippen MR) is 108 cm³/mol. The van der Waals surface area contributed by atoms with E-state index in [0.29, 0.717) is 13.0 Å². The van der Waals surface area contributed by atoms with Gasteiger partial charge in [-0.05, 0) is 18.2 Å². The molecule has 0 fully saturated rings. The molecular weight excluding hydrogens is 376 g/mol. The Morgan fingerprint density at radius 2 is 1.64 bits per heavy atom. The third kappa shape index (κ3) is 3.95. The first kappa shape index (κ1) is 20.1. The molecule has 0 N–H and O–H groups in total. The fourth-order valence-corrected chi connectivity index (χ4v) is 4.24. The van der Waals surface area contributed by atoms with Crippen LogP contribution in [0, 0.1) is 0 Å². The Bertz CT molecular complexity index is 1070. The summed E-state index contributed by atoms with van der Waals surface area (Å²) < 4.78 is 32.2. The van der Waals surface area contributed by atoms with E-state index >= 15 is 0 Å². The summed E-state index contributed by atoms with van der Waals surface area (Å²) in [6.07, 6.45) is 0.717. The number of para-hydroxylation sites is 1. The minimum atomic E-state index is -3.71. The minimum Gasteiger partial charge on any atom is -0.461 e. The number of carbonyl (C=O) groups is 1. The van der Waals surface area contributed by atoms with E-state index in [1.54, 1.807) is 25.2 Å². The lowest BCUT2D eigenvalue weighted by Crippen LogP contribution is -2.39. The van der Waals surface area contributed by atoms with Crippen molar-refractivity contribution >= 4 is 26.9 Å². The number of amides is 1. The zero-order chi connectivity index (χ0) is 20.3. The van der Waals surface area contributed by atoms with Crippen LogP contribution >= 0.6 is 0 Å². The number of hydrogen-bond donors (Lipinski definition) is 0. The van der Waals surface area contributed by atoms with E-state index < -0.39 is 10.0 Å². The molecule has 3 aromatic rings. The van der Waals surface area contributed by atoms with E-state index in [-0.39, 0.29) is 17.3 Å². The van der Waals surface area contributed by atoms with E-state index in [2.05, 4.69) is 0 Å². The molecule has 2 aromatic carbocycles. The molecule has 0 bridgehead atoms. The van der Waals surface area contributed by atoms with Gasteiger partial charge in [0, 0.05) is 38.0 Å². The average Bonchev–Trinajstić information content (AvgIpc) is 3.06. The van der Waals surface area contributed by atoms with Crippen LogP contribution in [-0.2, 0) is 27.8 Å². The molecule has 148 valence electrons. The molecule has 3 rings (SSSR count). The highest BCUT2D eigenvalue weighted by Gasteiger charge is 2.25. The first-order valence-corrected chi connectivity index (χ1v) is 10.5. The number of rotatable bonds is 7. The van der Waals surface area contributed by atoms with Gasteiger partial charge in [0.15, 0.2) is 0 Å². The molecule has 0 radical (unpaired) electrons. The van der Waals surface area contributed by atoms with Gasteiger partial charge < -0.3 is 9.32 Å². The summed E-state index contributed by atoms with van der Waals surface area (Å²) in [5.41, 5.74) is 1.75. The van der Waals surface area contributed by atoms with Gasteiger partial charge in [0.1, 0.15) is 11.3 Å². The molecule has 0 aliphatic rings. The largest absolute Gasteiger partial charge is 0.461 e. The van der Waals surface area contributed by atoms with E-state index in [9.17, 15) is 13.2 Å². The Balaban J connectivity index is 1.75. The standard InChI is InChI=1S/C21H24N2O4S/c1-4-19-18(17-12-8-9-13-20(17)27-19)14-22(2)21(24)15-23(3)28(25,26)16-10-6-5-7-11-16/h5-13H,4,14-15H2,1-3H3. The molecule has 0 atom stereocenters. The molecule has 0 unspecified atom stereocenters. The average molecular weight is 401 g/mol. The van der Waals surface area contributed by atoms with Gasteiger partial charge in [-0.3, -0.25) is 4.79 Å². The third-order valence-electron chi connectivity index (χ3n) is 4.73. The molecule has 6 nitrogen and oxygen atoms in total. The SMILES string of the molecule is CCc1oc2ccccc2c1CN(C)C(=O)CN(C)S(=O)(=O)c1ccccc1. The lowest BCUT2D eigenvalue weighted by molar-refractivity contribution is -0.130. The molecular formula is C21H24N2O4S. The Morgan fingerprint density at radius 1 is 1.00 bits per heavy atom. The first-order chi connectivity index (χ1) is 13.3. The highest BCUT2D eigenvalue weighted by molar-refractivity contribution is 7.89. The van der Waals surface area contributed by atoms with Crippen LogP contribution in [0.5, 0.6) is 0 Å². The van der Waals surface area contributed by atoms with Crippen molar-refractivity contribution in [3.8, 4) is 0 Å². The van der Waals surface area contributed by atoms with Crippen LogP contribution in [0.1, 0.15) is 18.2 Å². The zero-order valence-corrected chi connectivity index (χ0v) is 17.1. The molecule has 0 aliphatic carbocycles. The van der Waals surface area contributed by atoms with Gasteiger partial charge in [-0.1, -0.05) is 43.3 Å². The van der Waals surface area contributed by atoms with Crippen LogP contribution in [0.3, 0.4) is 0 Å². The maximum atomic E-state index is 12.7. The zero-order valence-electron chi connectivity index (χ0n) is 16.3. The summed E-state index contributed by atoms with van der Waals surface area (Å²) in [5.74, 6) is 0.556. The molecule has 1 amide bonds. The molecule has 0 spiro atoms. The summed E-state index contributed by atoms with van der Waals surface area (Å²) in [6, 6.07) is 15.8. The molecule has 1 heterocycles. The van der Waals surface area contributed by atoms with Crippen molar-refractivity contribution in [2.45, 2.75) is 24.8 Å². The topological polar surface area (TPSA) is 70.8 Å². The number of nitrogens with zero attached hydrogens (tertiary/aromatic N) is 2. The van der Waals surface area contributed by atoms with Crippen LogP contribution in [0.25, 0.3) is 11.0 Å². The number of fused-ring (bicyclic) bond motifs is 1. The van der Waals surface area contributed by atoms with Crippen LogP contribution in [0.2, 0.25) is 0 Å². The summed E-state index contributed by atoms with van der Waals surface area (Å²) in [4.78, 5) is 14.4. The van der Waals surface area contributed by atoms with Crippen molar-refractivity contribution < 1.29 is 17.6 Å². The van der Waals surface area contributed by atoms with Gasteiger partial charge in [0.25, 0.3) is 0 Å². The van der Waals surface area contributed by atoms with Gasteiger partial charge in [-0.2, -0.15) is 4.31 Å². The Labute approximate surface area is 165 Å². The van der Waals surface area contributed by atoms with Crippen molar-refractivity contribution in [2.24, 2.45) is 0 Å². The van der Waals surface area contributed by atoms with Crippen LogP contribution in [0.15, 0.2) is 63.9 Å². The van der Waals surface area contributed by atoms with Crippen molar-refractivity contribution in [3.63, 3.8) is 0 Å². The molecule has 28 heavy (non-hydrogen) atoms. The Hall–Kier alpha value is -2.64. The summed E-state index contributed by atoms with van der Waals surface area (Å²) >= 11 is 0. The Kier molecular flexibility index (Phi) is 5.86. The fourth-order valence-electron chi connectivity index (χ4n) is 3.10. The number of hydrogen-bond acceptors (Lipinski definition) is 4. The number of likely N-dealkylation sites (N-methyl/N-ethyl adjacent to an activating group) is 2. The normalized spacial score (nSPS) is 11.9. The van der Waals surface area contributed by atoms with E-state index in [1.807, 2.05) is 31.2 Å². The molecule has 0 saturated carbocycles. The van der Waals surface area contributed by atoms with Gasteiger partial charge in [-0.25, -0.2) is 8.42 Å². The summed E-state index contributed by atoms with van der Waals surface area (Å²) in [6.45, 7) is 2.13. The maximum Gasteiger partial charge on any atom is 0.243 e. The second-order valence-electron chi connectivity index (χ2n) is 6.68. The monoisotopic (exact) mass is 400 g/mol. The maximum absolute atomic E-state index is 12.7. The minimum absolute atomic E-state index is 0.169. The van der Waals surface area contributed by atoms with Crippen molar-refractivity contribution in [1.29, 1.82) is 0 Å². The quantitative estimate of drug-likeness (QED) is 0.610. The second kappa shape index (κ2) is 8.16. The predicted octanol–water partition coefficient (Wildman–Crippen LogP) is 3.27. The number of furan rings is 1. The van der Waals surface area contributed by atoms with Crippen LogP contribution in [0.4, 0.5) is 0 Å². The van der Waals surface area contributed by atoms with Gasteiger partial charge >= 0.3 is 0 Å². The van der Waals surface area contributed by atoms with Crippen molar-refractivity contribution in [1.82, 2.24) is 9.21 Å². The van der Waals surface area contributed by atoms with Gasteiger partial charge in [-0.15, -0.1) is 0 Å². The third-order valence-corrected chi connectivity index (χ3v) is 6.55. The molecule has 1 aromatic heterocycles. The molecule has 7 heteroatoms. The molecule has 0 aliphatic heterocycles. The number of aryl methyl sites for hydroxylation is 1. The lowest BCUT2D eigenvalue weighted by atomic mass is 10.1. The smallest absolute Gasteiger partial charge is 0.243 e. The fraction of sp³-hybridized carbons (Fsp3) is 0.286. The van der Waals surface area contributed by atoms with Gasteiger partial charge in [0.05, 0.1) is 11.4 Å². The van der Waals surface area contributed by atoms with E-state index in [0.717, 1.165) is 26.6 Å². The highest BCUT2D eigenvalue weighted by atomic mass is 32.2. The summed E-state index contributed by atoms with van der Waals surface area (Å²) in [5, 5.41) is 0.976. The number of sulfonamides is 1. The number of benzene rings is 2. The van der Waals surface area contributed by atoms with Crippen LogP contribution in [-0.4, -0.2) is 44.2 Å². The van der Waals surface area contributed by atoms with Crippen molar-refractivity contribution in [2.75, 3.05) is 20.6 Å². The summed E-state index contributed by atoms with van der Waals surface area (Å²) in [7, 11) is -0.621. The van der Waals surface area contributed by atoms with Gasteiger partial charge in [0.2, 0.25) is 15.9 Å². The molecule has 0 saturated heterocycles. The van der Waals surface area contributed by atoms with E-state index in [1.165, 1.54) is 24.1 Å². The lowest BCUT2D eigenvalue weighted by Gasteiger charge is -2.22.